The lowest BCUT2D eigenvalue weighted by Gasteiger charge is -2.05. The number of nitrogens with one attached hydrogen (secondary N) is 1. The van der Waals surface area contributed by atoms with Crippen LogP contribution in [0.4, 0.5) is 0 Å². The van der Waals surface area contributed by atoms with E-state index in [-0.39, 0.29) is 6.54 Å². The molecule has 0 radical (unpaired) electrons. The topological polar surface area (TPSA) is 101 Å². The molecule has 2 rings (SSSR count). The summed E-state index contributed by atoms with van der Waals surface area (Å²) in [5, 5.41) is 19.5. The minimum Gasteiger partial charge on any atom is -0.387 e. The maximum Gasteiger partial charge on any atom is 0.201 e. The predicted octanol–water partition coefficient (Wildman–Crippen LogP) is -0.655. The van der Waals surface area contributed by atoms with Crippen molar-refractivity contribution >= 4 is 11.2 Å². The van der Waals surface area contributed by atoms with Crippen molar-refractivity contribution in [2.24, 2.45) is 5.73 Å². The van der Waals surface area contributed by atoms with E-state index in [2.05, 4.69) is 20.4 Å². The molecular weight excluding hydrogens is 170 g/mol. The third-order valence-electron chi connectivity index (χ3n) is 1.80. The first-order valence-corrected chi connectivity index (χ1v) is 3.86. The van der Waals surface area contributed by atoms with Crippen LogP contribution in [0.15, 0.2) is 12.3 Å². The first kappa shape index (κ1) is 8.09. The van der Waals surface area contributed by atoms with Crippen molar-refractivity contribution in [3.63, 3.8) is 0 Å². The van der Waals surface area contributed by atoms with Gasteiger partial charge in [-0.1, -0.05) is 0 Å². The van der Waals surface area contributed by atoms with Crippen molar-refractivity contribution in [1.29, 1.82) is 0 Å². The Morgan fingerprint density at radius 2 is 2.38 bits per heavy atom. The number of pyridine rings is 1. The third kappa shape index (κ3) is 1.36. The van der Waals surface area contributed by atoms with Gasteiger partial charge in [-0.05, 0) is 6.07 Å². The van der Waals surface area contributed by atoms with Crippen LogP contribution in [-0.2, 0) is 0 Å². The van der Waals surface area contributed by atoms with Crippen LogP contribution in [0.5, 0.6) is 0 Å². The number of aromatic nitrogens is 4. The molecule has 13 heavy (non-hydrogen) atoms. The van der Waals surface area contributed by atoms with Crippen LogP contribution in [0.1, 0.15) is 11.7 Å². The van der Waals surface area contributed by atoms with Gasteiger partial charge in [0.25, 0.3) is 0 Å². The fraction of sp³-hybridized carbons (Fsp3) is 0.286. The Hall–Kier alpha value is -1.53. The number of nitrogens with zero attached hydrogens (tertiary/aromatic N) is 3. The molecule has 0 spiro atoms. The molecule has 6 nitrogen and oxygen atoms in total. The van der Waals surface area contributed by atoms with E-state index in [0.29, 0.717) is 16.7 Å². The van der Waals surface area contributed by atoms with Crippen LogP contribution < -0.4 is 5.73 Å². The lowest BCUT2D eigenvalue weighted by molar-refractivity contribution is 0.186. The zero-order valence-corrected chi connectivity index (χ0v) is 6.81. The number of hydrogen-bond acceptors (Lipinski definition) is 5. The van der Waals surface area contributed by atoms with Gasteiger partial charge >= 0.3 is 0 Å². The number of aliphatic hydroxyl groups excluding tert-OH is 1. The molecule has 68 valence electrons. The van der Waals surface area contributed by atoms with Gasteiger partial charge in [0.15, 0.2) is 0 Å². The quantitative estimate of drug-likeness (QED) is 0.568. The zero-order chi connectivity index (χ0) is 9.26. The van der Waals surface area contributed by atoms with Gasteiger partial charge in [0.2, 0.25) is 5.65 Å². The minimum absolute atomic E-state index is 0.172. The molecule has 0 aliphatic carbocycles. The van der Waals surface area contributed by atoms with E-state index < -0.39 is 6.10 Å². The van der Waals surface area contributed by atoms with Crippen molar-refractivity contribution in [2.75, 3.05) is 6.54 Å². The van der Waals surface area contributed by atoms with E-state index >= 15 is 0 Å². The highest BCUT2D eigenvalue weighted by atomic mass is 16.3. The summed E-state index contributed by atoms with van der Waals surface area (Å²) >= 11 is 0. The third-order valence-corrected chi connectivity index (χ3v) is 1.80. The van der Waals surface area contributed by atoms with Crippen molar-refractivity contribution < 1.29 is 5.11 Å². The molecule has 0 unspecified atom stereocenters. The molecule has 0 saturated carbocycles. The molecule has 0 aromatic carbocycles. The molecule has 0 aliphatic heterocycles. The summed E-state index contributed by atoms with van der Waals surface area (Å²) in [6.45, 7) is 0.172. The summed E-state index contributed by atoms with van der Waals surface area (Å²) < 4.78 is 0. The Balaban J connectivity index is 2.48. The van der Waals surface area contributed by atoms with E-state index in [4.69, 9.17) is 5.73 Å². The number of hydrogen-bond donors (Lipinski definition) is 3. The molecule has 4 N–H and O–H groups in total. The fourth-order valence-electron chi connectivity index (χ4n) is 1.07. The second-order valence-corrected chi connectivity index (χ2v) is 2.69. The highest BCUT2D eigenvalue weighted by molar-refractivity contribution is 5.69. The van der Waals surface area contributed by atoms with Crippen molar-refractivity contribution in [3.05, 3.63) is 17.8 Å². The first-order valence-electron chi connectivity index (χ1n) is 3.86. The average Bonchev–Trinajstić information content (AvgIpc) is 2.63. The summed E-state index contributed by atoms with van der Waals surface area (Å²) in [7, 11) is 0. The highest BCUT2D eigenvalue weighted by Gasteiger charge is 2.07. The Morgan fingerprint density at radius 1 is 1.54 bits per heavy atom. The Morgan fingerprint density at radius 3 is 3.15 bits per heavy atom. The summed E-state index contributed by atoms with van der Waals surface area (Å²) in [5.74, 6) is 0. The first-order chi connectivity index (χ1) is 6.31. The number of fused-ring (bicyclic) bond motifs is 1. The summed E-state index contributed by atoms with van der Waals surface area (Å²) in [4.78, 5) is 3.99. The lowest BCUT2D eigenvalue weighted by Crippen LogP contribution is -2.11. The van der Waals surface area contributed by atoms with Gasteiger partial charge in [-0.25, -0.2) is 4.98 Å². The molecule has 0 bridgehead atoms. The number of aromatic amines is 1. The number of aliphatic hydroxyl groups is 1. The van der Waals surface area contributed by atoms with Gasteiger partial charge in [0, 0.05) is 18.3 Å². The van der Waals surface area contributed by atoms with E-state index in [0.717, 1.165) is 0 Å². The van der Waals surface area contributed by atoms with E-state index in [1.165, 1.54) is 0 Å². The summed E-state index contributed by atoms with van der Waals surface area (Å²) in [6, 6.07) is 1.71. The molecule has 2 aromatic rings. The van der Waals surface area contributed by atoms with E-state index in [1.54, 1.807) is 12.3 Å². The van der Waals surface area contributed by atoms with Crippen LogP contribution in [0, 0.1) is 0 Å². The molecule has 6 heteroatoms. The van der Waals surface area contributed by atoms with Crippen LogP contribution in [0.25, 0.3) is 11.2 Å². The monoisotopic (exact) mass is 179 g/mol. The van der Waals surface area contributed by atoms with E-state index in [9.17, 15) is 5.11 Å². The van der Waals surface area contributed by atoms with Crippen LogP contribution in [-0.4, -0.2) is 32.0 Å². The Labute approximate surface area is 73.8 Å². The van der Waals surface area contributed by atoms with Gasteiger partial charge in [0.1, 0.15) is 5.52 Å². The second kappa shape index (κ2) is 3.08. The molecule has 0 amide bonds. The number of rotatable bonds is 2. The average molecular weight is 179 g/mol. The predicted molar refractivity (Wildman–Crippen MR) is 45.7 cm³/mol. The Kier molecular flexibility index (Phi) is 1.91. The van der Waals surface area contributed by atoms with Gasteiger partial charge in [-0.3, -0.25) is 0 Å². The Bertz CT molecular complexity index is 412. The molecule has 0 saturated heterocycles. The summed E-state index contributed by atoms with van der Waals surface area (Å²) in [6.07, 6.45) is 0.858. The molecule has 1 atom stereocenters. The lowest BCUT2D eigenvalue weighted by atomic mass is 10.1. The van der Waals surface area contributed by atoms with E-state index in [1.807, 2.05) is 0 Å². The van der Waals surface area contributed by atoms with Crippen molar-refractivity contribution in [3.8, 4) is 0 Å². The fourth-order valence-corrected chi connectivity index (χ4v) is 1.07. The van der Waals surface area contributed by atoms with Crippen molar-refractivity contribution in [2.45, 2.75) is 6.10 Å². The maximum absolute atomic E-state index is 9.40. The smallest absolute Gasteiger partial charge is 0.201 e. The summed E-state index contributed by atoms with van der Waals surface area (Å²) in [5.41, 5.74) is 7.12. The molecular formula is C7H9N5O. The molecule has 0 aliphatic rings. The van der Waals surface area contributed by atoms with Gasteiger partial charge in [-0.2, -0.15) is 10.3 Å². The zero-order valence-electron chi connectivity index (χ0n) is 6.81. The standard InChI is InChI=1S/C7H9N5O/c8-2-6(13)4-1-5-7(9-3-4)11-12-10-5/h1,3,6,13H,2,8H2,(H,9,10,11,12)/t6-/m0/s1. The van der Waals surface area contributed by atoms with Gasteiger partial charge in [0.05, 0.1) is 6.10 Å². The van der Waals surface area contributed by atoms with Gasteiger partial charge < -0.3 is 10.8 Å². The second-order valence-electron chi connectivity index (χ2n) is 2.69. The maximum atomic E-state index is 9.40. The van der Waals surface area contributed by atoms with Crippen LogP contribution in [0.2, 0.25) is 0 Å². The molecule has 2 heterocycles. The number of H-pyrrole nitrogens is 1. The van der Waals surface area contributed by atoms with Crippen LogP contribution in [0.3, 0.4) is 0 Å². The molecule has 2 aromatic heterocycles. The largest absolute Gasteiger partial charge is 0.387 e. The highest BCUT2D eigenvalue weighted by Crippen LogP contribution is 2.13. The van der Waals surface area contributed by atoms with Gasteiger partial charge in [-0.15, -0.1) is 5.10 Å². The molecule has 0 fully saturated rings. The SMILES string of the molecule is NC[C@H](O)c1cnc2n[nH]nc2c1. The van der Waals surface area contributed by atoms with Crippen molar-refractivity contribution in [1.82, 2.24) is 20.4 Å². The normalized spacial score (nSPS) is 13.4. The van der Waals surface area contributed by atoms with Crippen LogP contribution >= 0.6 is 0 Å². The number of nitrogens with two attached hydrogens (primary N) is 1. The minimum atomic E-state index is -0.686.